The van der Waals surface area contributed by atoms with Gasteiger partial charge in [-0.05, 0) is 61.1 Å². The summed E-state index contributed by atoms with van der Waals surface area (Å²) in [6.07, 6.45) is 2.36. The van der Waals surface area contributed by atoms with Crippen LogP contribution in [0.5, 0.6) is 0 Å². The number of halogens is 1. The summed E-state index contributed by atoms with van der Waals surface area (Å²) in [7, 11) is 0. The molecule has 1 heterocycles. The fourth-order valence-electron chi connectivity index (χ4n) is 3.94. The second-order valence-corrected chi connectivity index (χ2v) is 8.96. The zero-order chi connectivity index (χ0) is 20.4. The van der Waals surface area contributed by atoms with E-state index < -0.39 is 5.54 Å². The lowest BCUT2D eigenvalue weighted by Crippen LogP contribution is -2.49. The third-order valence-corrected chi connectivity index (χ3v) is 6.41. The zero-order valence-electron chi connectivity index (χ0n) is 16.4. The molecular formula is C23H25BrN2O3. The van der Waals surface area contributed by atoms with E-state index in [1.165, 1.54) is 0 Å². The molecule has 5 nitrogen and oxygen atoms in total. The standard InChI is InChI=1S/C23H25BrN2O3/c1-15-12-20(15)22(28)25-19-7-2-4-16(13-19)21(27)26-23(8-10-29-11-9-23)17-5-3-6-18(24)14-17/h2-7,13-15,20H,8-12H2,1H3,(H,25,28)(H,26,27). The van der Waals surface area contributed by atoms with Crippen molar-refractivity contribution in [1.29, 1.82) is 0 Å². The van der Waals surface area contributed by atoms with E-state index in [2.05, 4.69) is 39.6 Å². The van der Waals surface area contributed by atoms with Crippen LogP contribution in [0.3, 0.4) is 0 Å². The maximum Gasteiger partial charge on any atom is 0.252 e. The molecule has 1 aliphatic heterocycles. The minimum Gasteiger partial charge on any atom is -0.381 e. The van der Waals surface area contributed by atoms with Crippen LogP contribution in [0.1, 0.15) is 42.1 Å². The minimum atomic E-state index is -0.470. The Morgan fingerprint density at radius 2 is 1.83 bits per heavy atom. The number of hydrogen-bond donors (Lipinski definition) is 2. The van der Waals surface area contributed by atoms with Gasteiger partial charge in [-0.3, -0.25) is 9.59 Å². The van der Waals surface area contributed by atoms with Crippen molar-refractivity contribution in [3.8, 4) is 0 Å². The van der Waals surface area contributed by atoms with E-state index in [1.54, 1.807) is 18.2 Å². The minimum absolute atomic E-state index is 0.0325. The summed E-state index contributed by atoms with van der Waals surface area (Å²) in [4.78, 5) is 25.4. The normalized spacial score (nSPS) is 22.6. The highest BCUT2D eigenvalue weighted by Gasteiger charge is 2.39. The molecule has 0 bridgehead atoms. The van der Waals surface area contributed by atoms with E-state index in [0.29, 0.717) is 43.2 Å². The average Bonchev–Trinajstić information content (AvgIpc) is 3.46. The van der Waals surface area contributed by atoms with Crippen molar-refractivity contribution in [3.63, 3.8) is 0 Å². The molecule has 2 fully saturated rings. The molecule has 1 saturated heterocycles. The zero-order valence-corrected chi connectivity index (χ0v) is 18.0. The molecule has 2 aliphatic rings. The molecule has 1 saturated carbocycles. The molecule has 2 unspecified atom stereocenters. The van der Waals surface area contributed by atoms with Gasteiger partial charge in [-0.25, -0.2) is 0 Å². The van der Waals surface area contributed by atoms with Gasteiger partial charge in [0.1, 0.15) is 0 Å². The fraction of sp³-hybridized carbons (Fsp3) is 0.391. The molecule has 29 heavy (non-hydrogen) atoms. The van der Waals surface area contributed by atoms with Crippen LogP contribution in [0.4, 0.5) is 5.69 Å². The third kappa shape index (κ3) is 4.54. The first kappa shape index (κ1) is 20.1. The van der Waals surface area contributed by atoms with Crippen LogP contribution in [0.2, 0.25) is 0 Å². The number of amides is 2. The summed E-state index contributed by atoms with van der Waals surface area (Å²) in [5.74, 6) is 0.419. The van der Waals surface area contributed by atoms with Crippen molar-refractivity contribution in [1.82, 2.24) is 5.32 Å². The van der Waals surface area contributed by atoms with Gasteiger partial charge in [0.25, 0.3) is 5.91 Å². The summed E-state index contributed by atoms with van der Waals surface area (Å²) in [6, 6.07) is 15.2. The van der Waals surface area contributed by atoms with Crippen molar-refractivity contribution < 1.29 is 14.3 Å². The number of hydrogen-bond acceptors (Lipinski definition) is 3. The Morgan fingerprint density at radius 1 is 1.10 bits per heavy atom. The van der Waals surface area contributed by atoms with Gasteiger partial charge in [0.05, 0.1) is 5.54 Å². The molecule has 4 rings (SSSR count). The topological polar surface area (TPSA) is 67.4 Å². The lowest BCUT2D eigenvalue weighted by Gasteiger charge is -2.38. The number of anilines is 1. The van der Waals surface area contributed by atoms with Crippen molar-refractivity contribution in [2.45, 2.75) is 31.7 Å². The van der Waals surface area contributed by atoms with Gasteiger partial charge >= 0.3 is 0 Å². The first-order valence-corrected chi connectivity index (χ1v) is 10.8. The smallest absolute Gasteiger partial charge is 0.252 e. The first-order chi connectivity index (χ1) is 14.0. The summed E-state index contributed by atoms with van der Waals surface area (Å²) in [5.41, 5.74) is 1.79. The predicted molar refractivity (Wildman–Crippen MR) is 116 cm³/mol. The number of rotatable bonds is 5. The van der Waals surface area contributed by atoms with Crippen molar-refractivity contribution >= 4 is 33.4 Å². The molecule has 152 valence electrons. The quantitative estimate of drug-likeness (QED) is 0.696. The second kappa shape index (κ2) is 8.28. The van der Waals surface area contributed by atoms with Crippen LogP contribution in [0, 0.1) is 11.8 Å². The van der Waals surface area contributed by atoms with E-state index in [1.807, 2.05) is 24.3 Å². The van der Waals surface area contributed by atoms with E-state index in [0.717, 1.165) is 16.5 Å². The highest BCUT2D eigenvalue weighted by atomic mass is 79.9. The Morgan fingerprint density at radius 3 is 2.52 bits per heavy atom. The molecule has 0 radical (unpaired) electrons. The highest BCUT2D eigenvalue weighted by Crippen LogP contribution is 2.38. The van der Waals surface area contributed by atoms with Gasteiger partial charge < -0.3 is 15.4 Å². The summed E-state index contributed by atoms with van der Waals surface area (Å²) in [6.45, 7) is 3.27. The highest BCUT2D eigenvalue weighted by molar-refractivity contribution is 9.10. The lowest BCUT2D eigenvalue weighted by molar-refractivity contribution is -0.117. The van der Waals surface area contributed by atoms with E-state index in [4.69, 9.17) is 4.74 Å². The van der Waals surface area contributed by atoms with E-state index >= 15 is 0 Å². The Labute approximate surface area is 179 Å². The van der Waals surface area contributed by atoms with Gasteiger partial charge in [-0.15, -0.1) is 0 Å². The molecule has 2 N–H and O–H groups in total. The third-order valence-electron chi connectivity index (χ3n) is 5.91. The molecule has 6 heteroatoms. The number of nitrogens with one attached hydrogen (secondary N) is 2. The predicted octanol–water partition coefficient (Wildman–Crippen LogP) is 4.48. The molecule has 2 aromatic carbocycles. The average molecular weight is 457 g/mol. The maximum atomic E-state index is 13.1. The summed E-state index contributed by atoms with van der Waals surface area (Å²) < 4.78 is 6.53. The molecule has 0 aromatic heterocycles. The van der Waals surface area contributed by atoms with Crippen LogP contribution >= 0.6 is 15.9 Å². The SMILES string of the molecule is CC1CC1C(=O)Nc1cccc(C(=O)NC2(c3cccc(Br)c3)CCOCC2)c1. The monoisotopic (exact) mass is 456 g/mol. The van der Waals surface area contributed by atoms with Gasteiger partial charge in [0.2, 0.25) is 5.91 Å². The van der Waals surface area contributed by atoms with E-state index in [-0.39, 0.29) is 17.7 Å². The molecule has 2 atom stereocenters. The number of benzene rings is 2. The summed E-state index contributed by atoms with van der Waals surface area (Å²) >= 11 is 3.53. The lowest BCUT2D eigenvalue weighted by atomic mass is 9.82. The van der Waals surface area contributed by atoms with Crippen molar-refractivity contribution in [2.24, 2.45) is 11.8 Å². The Hall–Kier alpha value is -2.18. The van der Waals surface area contributed by atoms with Crippen LogP contribution in [0.25, 0.3) is 0 Å². The Balaban J connectivity index is 1.53. The van der Waals surface area contributed by atoms with Crippen molar-refractivity contribution in [3.05, 3.63) is 64.1 Å². The van der Waals surface area contributed by atoms with Crippen LogP contribution in [-0.2, 0) is 15.1 Å². The van der Waals surface area contributed by atoms with Gasteiger partial charge in [0.15, 0.2) is 0 Å². The Kier molecular flexibility index (Phi) is 5.74. The van der Waals surface area contributed by atoms with E-state index in [9.17, 15) is 9.59 Å². The van der Waals surface area contributed by atoms with Crippen LogP contribution in [0.15, 0.2) is 53.0 Å². The second-order valence-electron chi connectivity index (χ2n) is 8.05. The maximum absolute atomic E-state index is 13.1. The molecule has 1 aliphatic carbocycles. The fourth-order valence-corrected chi connectivity index (χ4v) is 4.34. The molecular weight excluding hydrogens is 432 g/mol. The Bertz CT molecular complexity index is 924. The molecule has 2 amide bonds. The number of carbonyl (C=O) groups is 2. The largest absolute Gasteiger partial charge is 0.381 e. The van der Waals surface area contributed by atoms with Gasteiger partial charge in [0, 0.05) is 34.9 Å². The van der Waals surface area contributed by atoms with Crippen LogP contribution in [-0.4, -0.2) is 25.0 Å². The first-order valence-electron chi connectivity index (χ1n) is 10.0. The van der Waals surface area contributed by atoms with Crippen LogP contribution < -0.4 is 10.6 Å². The van der Waals surface area contributed by atoms with Gasteiger partial charge in [-0.2, -0.15) is 0 Å². The molecule has 2 aromatic rings. The number of carbonyl (C=O) groups excluding carboxylic acids is 2. The van der Waals surface area contributed by atoms with Gasteiger partial charge in [-0.1, -0.05) is 41.1 Å². The van der Waals surface area contributed by atoms with Crippen molar-refractivity contribution in [2.75, 3.05) is 18.5 Å². The number of ether oxygens (including phenoxy) is 1. The summed E-state index contributed by atoms with van der Waals surface area (Å²) in [5, 5.41) is 6.20. The molecule has 0 spiro atoms.